The van der Waals surface area contributed by atoms with Crippen LogP contribution < -0.4 is 4.90 Å². The summed E-state index contributed by atoms with van der Waals surface area (Å²) in [6, 6.07) is 15.1. The zero-order valence-electron chi connectivity index (χ0n) is 13.3. The van der Waals surface area contributed by atoms with Crippen molar-refractivity contribution in [1.82, 2.24) is 9.97 Å². The Morgan fingerprint density at radius 1 is 1.04 bits per heavy atom. The molecule has 0 spiro atoms. The van der Waals surface area contributed by atoms with E-state index in [1.807, 2.05) is 36.4 Å². The summed E-state index contributed by atoms with van der Waals surface area (Å²) in [6.45, 7) is 0.983. The van der Waals surface area contributed by atoms with Crippen molar-refractivity contribution in [1.29, 1.82) is 0 Å². The molecule has 1 aliphatic heterocycles. The highest BCUT2D eigenvalue weighted by molar-refractivity contribution is 5.91. The molecule has 4 rings (SSSR count). The Balaban J connectivity index is 1.93. The number of fused-ring (bicyclic) bond motifs is 1. The van der Waals surface area contributed by atoms with Crippen LogP contribution in [0.3, 0.4) is 0 Å². The molecule has 1 atom stereocenters. The number of rotatable bonds is 3. The third-order valence-electron chi connectivity index (χ3n) is 4.59. The molecule has 1 aromatic heterocycles. The summed E-state index contributed by atoms with van der Waals surface area (Å²) in [7, 11) is 0. The summed E-state index contributed by atoms with van der Waals surface area (Å²) in [4.78, 5) is 11.5. The summed E-state index contributed by atoms with van der Waals surface area (Å²) >= 11 is 0. The Hall–Kier alpha value is -2.66. The van der Waals surface area contributed by atoms with Gasteiger partial charge in [0.15, 0.2) is 5.82 Å². The van der Waals surface area contributed by atoms with Gasteiger partial charge in [-0.3, -0.25) is 0 Å². The van der Waals surface area contributed by atoms with E-state index in [9.17, 15) is 10.2 Å². The molecule has 0 saturated carbocycles. The smallest absolute Gasteiger partial charge is 0.165 e. The normalized spacial score (nSPS) is 17.5. The summed E-state index contributed by atoms with van der Waals surface area (Å²) in [5.41, 5.74) is 1.45. The standard InChI is InChI=1S/C19H19N3O2/c23-12-13-6-5-11-22(13)19-14-7-1-3-9-16(14)20-18(21-19)15-8-2-4-10-17(15)24/h1-4,7-10,13,23-24H,5-6,11-12H2. The SMILES string of the molecule is OCC1CCCN1c1nc(-c2ccccc2O)nc2ccccc12. The van der Waals surface area contributed by atoms with Gasteiger partial charge in [0, 0.05) is 11.9 Å². The summed E-state index contributed by atoms with van der Waals surface area (Å²) < 4.78 is 0. The Kier molecular flexibility index (Phi) is 3.78. The van der Waals surface area contributed by atoms with Gasteiger partial charge in [0.25, 0.3) is 0 Å². The molecule has 2 heterocycles. The van der Waals surface area contributed by atoms with Crippen molar-refractivity contribution < 1.29 is 10.2 Å². The molecule has 2 N–H and O–H groups in total. The molecule has 0 amide bonds. The molecule has 0 radical (unpaired) electrons. The van der Waals surface area contributed by atoms with Crippen LogP contribution in [0.4, 0.5) is 5.82 Å². The van der Waals surface area contributed by atoms with E-state index in [-0.39, 0.29) is 18.4 Å². The van der Waals surface area contributed by atoms with Gasteiger partial charge < -0.3 is 15.1 Å². The Bertz CT molecular complexity index is 881. The minimum absolute atomic E-state index is 0.0838. The number of nitrogens with zero attached hydrogens (tertiary/aromatic N) is 3. The molecule has 122 valence electrons. The summed E-state index contributed by atoms with van der Waals surface area (Å²) in [5, 5.41) is 20.8. The van der Waals surface area contributed by atoms with Crippen LogP contribution in [0.1, 0.15) is 12.8 Å². The molecule has 5 heteroatoms. The highest BCUT2D eigenvalue weighted by atomic mass is 16.3. The fourth-order valence-electron chi connectivity index (χ4n) is 3.37. The van der Waals surface area contributed by atoms with E-state index in [1.54, 1.807) is 12.1 Å². The Labute approximate surface area is 140 Å². The fourth-order valence-corrected chi connectivity index (χ4v) is 3.37. The molecular formula is C19H19N3O2. The van der Waals surface area contributed by atoms with Crippen molar-refractivity contribution in [3.63, 3.8) is 0 Å². The number of aliphatic hydroxyl groups excluding tert-OH is 1. The molecule has 24 heavy (non-hydrogen) atoms. The number of anilines is 1. The average molecular weight is 321 g/mol. The first kappa shape index (κ1) is 14.9. The number of phenols is 1. The second kappa shape index (κ2) is 6.09. The minimum atomic E-state index is 0.0838. The summed E-state index contributed by atoms with van der Waals surface area (Å²) in [6.07, 6.45) is 2.00. The molecule has 0 bridgehead atoms. The first-order chi connectivity index (χ1) is 11.8. The molecular weight excluding hydrogens is 302 g/mol. The third-order valence-corrected chi connectivity index (χ3v) is 4.59. The number of para-hydroxylation sites is 2. The lowest BCUT2D eigenvalue weighted by Crippen LogP contribution is -2.33. The van der Waals surface area contributed by atoms with Crippen LogP contribution in [0.5, 0.6) is 5.75 Å². The Morgan fingerprint density at radius 2 is 1.83 bits per heavy atom. The average Bonchev–Trinajstić information content (AvgIpc) is 3.09. The Morgan fingerprint density at radius 3 is 2.67 bits per heavy atom. The topological polar surface area (TPSA) is 69.5 Å². The first-order valence-corrected chi connectivity index (χ1v) is 8.20. The lowest BCUT2D eigenvalue weighted by atomic mass is 10.1. The zero-order chi connectivity index (χ0) is 16.5. The van der Waals surface area contributed by atoms with Crippen LogP contribution in [0.25, 0.3) is 22.3 Å². The number of benzene rings is 2. The maximum absolute atomic E-state index is 10.2. The quantitative estimate of drug-likeness (QED) is 0.776. The van der Waals surface area contributed by atoms with Crippen molar-refractivity contribution in [3.8, 4) is 17.1 Å². The van der Waals surface area contributed by atoms with Gasteiger partial charge in [-0.2, -0.15) is 0 Å². The lowest BCUT2D eigenvalue weighted by molar-refractivity contribution is 0.266. The van der Waals surface area contributed by atoms with Crippen LogP contribution in [0.15, 0.2) is 48.5 Å². The van der Waals surface area contributed by atoms with Gasteiger partial charge in [-0.25, -0.2) is 9.97 Å². The predicted molar refractivity (Wildman–Crippen MR) is 94.1 cm³/mol. The van der Waals surface area contributed by atoms with Crippen LogP contribution in [-0.2, 0) is 0 Å². The summed E-state index contributed by atoms with van der Waals surface area (Å²) in [5.74, 6) is 1.50. The van der Waals surface area contributed by atoms with Gasteiger partial charge in [0.1, 0.15) is 11.6 Å². The molecule has 3 aromatic rings. The highest BCUT2D eigenvalue weighted by Crippen LogP contribution is 2.34. The molecule has 1 unspecified atom stereocenters. The van der Waals surface area contributed by atoms with Crippen molar-refractivity contribution in [2.45, 2.75) is 18.9 Å². The van der Waals surface area contributed by atoms with Crippen LogP contribution in [-0.4, -0.2) is 39.4 Å². The van der Waals surface area contributed by atoms with Gasteiger partial charge in [-0.1, -0.05) is 24.3 Å². The van der Waals surface area contributed by atoms with E-state index >= 15 is 0 Å². The molecule has 1 saturated heterocycles. The number of phenolic OH excluding ortho intramolecular Hbond substituents is 1. The number of aromatic nitrogens is 2. The van der Waals surface area contributed by atoms with E-state index < -0.39 is 0 Å². The molecule has 5 nitrogen and oxygen atoms in total. The van der Waals surface area contributed by atoms with Crippen molar-refractivity contribution in [3.05, 3.63) is 48.5 Å². The van der Waals surface area contributed by atoms with Crippen molar-refractivity contribution >= 4 is 16.7 Å². The van der Waals surface area contributed by atoms with E-state index in [2.05, 4.69) is 9.88 Å². The van der Waals surface area contributed by atoms with Gasteiger partial charge in [0.2, 0.25) is 0 Å². The number of hydrogen-bond donors (Lipinski definition) is 2. The van der Waals surface area contributed by atoms with Crippen LogP contribution in [0.2, 0.25) is 0 Å². The minimum Gasteiger partial charge on any atom is -0.507 e. The largest absolute Gasteiger partial charge is 0.507 e. The lowest BCUT2D eigenvalue weighted by Gasteiger charge is -2.25. The predicted octanol–water partition coefficient (Wildman–Crippen LogP) is 2.96. The molecule has 1 fully saturated rings. The zero-order valence-corrected chi connectivity index (χ0v) is 13.3. The van der Waals surface area contributed by atoms with Gasteiger partial charge in [-0.15, -0.1) is 0 Å². The second-order valence-electron chi connectivity index (χ2n) is 6.08. The van der Waals surface area contributed by atoms with Gasteiger partial charge >= 0.3 is 0 Å². The molecule has 2 aromatic carbocycles. The van der Waals surface area contributed by atoms with Gasteiger partial charge in [-0.05, 0) is 37.1 Å². The highest BCUT2D eigenvalue weighted by Gasteiger charge is 2.27. The monoisotopic (exact) mass is 321 g/mol. The maximum atomic E-state index is 10.2. The fraction of sp³-hybridized carbons (Fsp3) is 0.263. The van der Waals surface area contributed by atoms with E-state index in [1.165, 1.54) is 0 Å². The van der Waals surface area contributed by atoms with Crippen molar-refractivity contribution in [2.24, 2.45) is 0 Å². The maximum Gasteiger partial charge on any atom is 0.165 e. The third kappa shape index (κ3) is 2.47. The van der Waals surface area contributed by atoms with E-state index in [0.717, 1.165) is 36.1 Å². The second-order valence-corrected chi connectivity index (χ2v) is 6.08. The van der Waals surface area contributed by atoms with Gasteiger partial charge in [0.05, 0.1) is 23.7 Å². The van der Waals surface area contributed by atoms with E-state index in [4.69, 9.17) is 4.98 Å². The number of aliphatic hydroxyl groups is 1. The number of aromatic hydroxyl groups is 1. The number of hydrogen-bond acceptors (Lipinski definition) is 5. The van der Waals surface area contributed by atoms with E-state index in [0.29, 0.717) is 11.4 Å². The van der Waals surface area contributed by atoms with Crippen LogP contribution in [0, 0.1) is 0 Å². The first-order valence-electron chi connectivity index (χ1n) is 8.20. The van der Waals surface area contributed by atoms with Crippen LogP contribution >= 0.6 is 0 Å². The van der Waals surface area contributed by atoms with Crippen molar-refractivity contribution in [2.75, 3.05) is 18.1 Å². The molecule has 1 aliphatic rings. The molecule has 0 aliphatic carbocycles.